The molecule has 0 aromatic heterocycles. The molecule has 0 bridgehead atoms. The van der Waals surface area contributed by atoms with Crippen molar-refractivity contribution in [2.45, 2.75) is 194 Å². The van der Waals surface area contributed by atoms with E-state index < -0.39 is 60.2 Å². The summed E-state index contributed by atoms with van der Waals surface area (Å²) in [5.41, 5.74) is -0.870. The molecule has 0 aliphatic heterocycles. The summed E-state index contributed by atoms with van der Waals surface area (Å²) in [5.74, 6) is -5.45. The van der Waals surface area contributed by atoms with E-state index in [-0.39, 0.29) is 30.4 Å². The molecule has 0 saturated heterocycles. The molecule has 3 atom stereocenters. The number of esters is 6. The van der Waals surface area contributed by atoms with Gasteiger partial charge >= 0.3 is 35.8 Å². The van der Waals surface area contributed by atoms with E-state index in [1.54, 1.807) is 0 Å². The number of unbranched alkanes of at least 4 members (excludes halogenated alkanes) is 18. The first-order chi connectivity index (χ1) is 29.0. The molecule has 1 aromatic carbocycles. The van der Waals surface area contributed by atoms with Crippen molar-refractivity contribution in [3.05, 3.63) is 72.9 Å². The highest BCUT2D eigenvalue weighted by Gasteiger charge is 2.29. The van der Waals surface area contributed by atoms with Crippen molar-refractivity contribution in [2.24, 2.45) is 0 Å². The van der Waals surface area contributed by atoms with Crippen LogP contribution in [0.1, 0.15) is 206 Å². The third-order valence-corrected chi connectivity index (χ3v) is 9.78. The van der Waals surface area contributed by atoms with E-state index >= 15 is 0 Å². The molecule has 1 rings (SSSR count). The van der Waals surface area contributed by atoms with E-state index in [2.05, 4.69) is 40.5 Å². The van der Waals surface area contributed by atoms with Crippen molar-refractivity contribution in [1.29, 1.82) is 0 Å². The first-order valence-electron chi connectivity index (χ1n) is 22.3. The molecule has 12 nitrogen and oxygen atoms in total. The maximum absolute atomic E-state index is 14.0. The van der Waals surface area contributed by atoms with Crippen LogP contribution >= 0.6 is 0 Å². The summed E-state index contributed by atoms with van der Waals surface area (Å²) in [5, 5.41) is 0. The Bertz CT molecular complexity index is 1470. The lowest BCUT2D eigenvalue weighted by Gasteiger charge is -2.21. The van der Waals surface area contributed by atoms with Gasteiger partial charge in [-0.15, -0.1) is 0 Å². The summed E-state index contributed by atoms with van der Waals surface area (Å²) in [6.45, 7) is 16.7. The Balaban J connectivity index is 3.43. The quantitative estimate of drug-likeness (QED) is 0.0207. The van der Waals surface area contributed by atoms with Crippen LogP contribution in [0.2, 0.25) is 0 Å². The standard InChI is InChI=1S/C48H72O12/c1-7-13-16-19-22-25-28-31-43(55-40(49)10-4)58-46(52)37-34-35-38(47(53)59-44(56-41(50)11-5)32-29-26-23-20-17-14-8-2)39(36-37)48(54)60-45(57-42(51)12-6)33-30-27-24-21-18-15-9-3/h10-12,34-36,43-45H,4-9,13-33H2,1-3H3. The van der Waals surface area contributed by atoms with Crippen molar-refractivity contribution >= 4 is 35.8 Å². The summed E-state index contributed by atoms with van der Waals surface area (Å²) < 4.78 is 32.9. The molecular weight excluding hydrogens is 769 g/mol. The fraction of sp³-hybridized carbons (Fsp3) is 0.625. The molecule has 0 amide bonds. The number of hydrogen-bond acceptors (Lipinski definition) is 12. The van der Waals surface area contributed by atoms with Crippen LogP contribution in [0, 0.1) is 0 Å². The van der Waals surface area contributed by atoms with Crippen LogP contribution in [0.15, 0.2) is 56.2 Å². The third-order valence-electron chi connectivity index (χ3n) is 9.78. The van der Waals surface area contributed by atoms with Crippen LogP contribution in [0.3, 0.4) is 0 Å². The van der Waals surface area contributed by atoms with E-state index in [0.29, 0.717) is 19.3 Å². The molecule has 336 valence electrons. The van der Waals surface area contributed by atoms with Gasteiger partial charge in [0.1, 0.15) is 0 Å². The van der Waals surface area contributed by atoms with E-state index in [0.717, 1.165) is 140 Å². The Morgan fingerprint density at radius 3 is 1.05 bits per heavy atom. The average molecular weight is 841 g/mol. The minimum absolute atomic E-state index is 0.165. The van der Waals surface area contributed by atoms with Crippen molar-refractivity contribution in [3.8, 4) is 0 Å². The van der Waals surface area contributed by atoms with Gasteiger partial charge in [-0.2, -0.15) is 0 Å². The van der Waals surface area contributed by atoms with E-state index in [1.807, 2.05) is 0 Å². The van der Waals surface area contributed by atoms with Crippen molar-refractivity contribution in [2.75, 3.05) is 0 Å². The molecule has 60 heavy (non-hydrogen) atoms. The number of benzene rings is 1. The number of carbonyl (C=O) groups excluding carboxylic acids is 6. The van der Waals surface area contributed by atoms with Gasteiger partial charge in [0.25, 0.3) is 0 Å². The zero-order valence-electron chi connectivity index (χ0n) is 36.7. The first kappa shape index (κ1) is 53.3. The van der Waals surface area contributed by atoms with Crippen molar-refractivity contribution < 1.29 is 57.2 Å². The number of carbonyl (C=O) groups is 6. The predicted molar refractivity (Wildman–Crippen MR) is 231 cm³/mol. The van der Waals surface area contributed by atoms with Gasteiger partial charge in [-0.05, 0) is 37.5 Å². The Kier molecular flexibility index (Phi) is 30.2. The normalized spacial score (nSPS) is 12.2. The molecule has 12 heteroatoms. The Hall–Kier alpha value is -4.74. The third kappa shape index (κ3) is 24.4. The van der Waals surface area contributed by atoms with Crippen LogP contribution in [-0.2, 0) is 42.8 Å². The molecule has 3 unspecified atom stereocenters. The number of rotatable bonds is 36. The second kappa shape index (κ2) is 34.0. The number of ether oxygens (including phenoxy) is 6. The lowest BCUT2D eigenvalue weighted by Crippen LogP contribution is -2.28. The second-order valence-electron chi connectivity index (χ2n) is 14.9. The average Bonchev–Trinajstić information content (AvgIpc) is 3.24. The van der Waals surface area contributed by atoms with E-state index in [1.165, 1.54) is 12.1 Å². The monoisotopic (exact) mass is 841 g/mol. The van der Waals surface area contributed by atoms with Crippen LogP contribution in [-0.4, -0.2) is 54.7 Å². The predicted octanol–water partition coefficient (Wildman–Crippen LogP) is 11.7. The Morgan fingerprint density at radius 1 is 0.417 bits per heavy atom. The highest BCUT2D eigenvalue weighted by molar-refractivity contribution is 6.05. The second-order valence-corrected chi connectivity index (χ2v) is 14.9. The summed E-state index contributed by atoms with van der Waals surface area (Å²) in [4.78, 5) is 78.0. The van der Waals surface area contributed by atoms with Crippen LogP contribution in [0.25, 0.3) is 0 Å². The lowest BCUT2D eigenvalue weighted by atomic mass is 10.0. The van der Waals surface area contributed by atoms with Gasteiger partial charge in [0.05, 0.1) is 16.7 Å². The fourth-order valence-electron chi connectivity index (χ4n) is 6.33. The van der Waals surface area contributed by atoms with Crippen LogP contribution in [0.5, 0.6) is 0 Å². The minimum atomic E-state index is -1.33. The molecule has 0 aliphatic rings. The fourth-order valence-corrected chi connectivity index (χ4v) is 6.33. The highest BCUT2D eigenvalue weighted by atomic mass is 16.7. The molecule has 0 N–H and O–H groups in total. The molecule has 0 aliphatic carbocycles. The van der Waals surface area contributed by atoms with Gasteiger partial charge in [-0.1, -0.05) is 156 Å². The van der Waals surface area contributed by atoms with Gasteiger partial charge in [0.2, 0.25) is 18.9 Å². The van der Waals surface area contributed by atoms with Crippen LogP contribution in [0.4, 0.5) is 0 Å². The topological polar surface area (TPSA) is 158 Å². The zero-order valence-corrected chi connectivity index (χ0v) is 36.7. The highest BCUT2D eigenvalue weighted by Crippen LogP contribution is 2.23. The van der Waals surface area contributed by atoms with Crippen molar-refractivity contribution in [3.63, 3.8) is 0 Å². The van der Waals surface area contributed by atoms with Gasteiger partial charge in [0.15, 0.2) is 0 Å². The molecular formula is C48H72O12. The van der Waals surface area contributed by atoms with Gasteiger partial charge < -0.3 is 28.4 Å². The largest absolute Gasteiger partial charge is 0.422 e. The van der Waals surface area contributed by atoms with E-state index in [4.69, 9.17) is 28.4 Å². The summed E-state index contributed by atoms with van der Waals surface area (Å²) >= 11 is 0. The van der Waals surface area contributed by atoms with Gasteiger partial charge in [-0.25, -0.2) is 28.8 Å². The van der Waals surface area contributed by atoms with Crippen molar-refractivity contribution in [1.82, 2.24) is 0 Å². The Morgan fingerprint density at radius 2 is 0.717 bits per heavy atom. The summed E-state index contributed by atoms with van der Waals surface area (Å²) in [7, 11) is 0. The molecule has 0 radical (unpaired) electrons. The van der Waals surface area contributed by atoms with E-state index in [9.17, 15) is 28.8 Å². The molecule has 1 aromatic rings. The van der Waals surface area contributed by atoms with Gasteiger partial charge in [0, 0.05) is 37.5 Å². The summed E-state index contributed by atoms with van der Waals surface area (Å²) in [6, 6.07) is 3.55. The smallest absolute Gasteiger partial charge is 0.342 e. The summed E-state index contributed by atoms with van der Waals surface area (Å²) in [6.07, 6.45) is 20.1. The molecule has 0 spiro atoms. The van der Waals surface area contributed by atoms with Crippen LogP contribution < -0.4 is 0 Å². The first-order valence-corrected chi connectivity index (χ1v) is 22.3. The number of hydrogen-bond donors (Lipinski definition) is 0. The Labute approximate surface area is 358 Å². The molecule has 0 fully saturated rings. The molecule has 0 heterocycles. The molecule has 0 saturated carbocycles. The minimum Gasteiger partial charge on any atom is -0.422 e. The lowest BCUT2D eigenvalue weighted by molar-refractivity contribution is -0.165. The maximum atomic E-state index is 14.0. The maximum Gasteiger partial charge on any atom is 0.342 e. The van der Waals surface area contributed by atoms with Gasteiger partial charge in [-0.3, -0.25) is 0 Å². The SMILES string of the molecule is C=CC(=O)OC(CCCCCCCCC)OC(=O)c1ccc(C(=O)OC(CCCCCCCCC)OC(=O)C=C)c(C(=O)OC(CCCCCCCCC)OC(=O)C=C)c1. The zero-order chi connectivity index (χ0) is 44.4.